The normalized spacial score (nSPS) is 16.5. The number of quaternary nitrogens is 1. The van der Waals surface area contributed by atoms with E-state index in [1.54, 1.807) is 13.4 Å². The minimum atomic E-state index is -0.873. The number of nitrogens with zero attached hydrogens (tertiary/aromatic N) is 8. The third kappa shape index (κ3) is 6.67. The van der Waals surface area contributed by atoms with Crippen molar-refractivity contribution in [2.45, 2.75) is 52.0 Å². The summed E-state index contributed by atoms with van der Waals surface area (Å²) in [5.74, 6) is 1.49. The maximum absolute atomic E-state index is 12.2. The molecule has 0 bridgehead atoms. The van der Waals surface area contributed by atoms with Crippen LogP contribution in [0.1, 0.15) is 48.8 Å². The Bertz CT molecular complexity index is 3290. The van der Waals surface area contributed by atoms with E-state index in [1.807, 2.05) is 122 Å². The van der Waals surface area contributed by atoms with Crippen molar-refractivity contribution in [2.75, 3.05) is 7.11 Å². The molecular formula is C49H42ClN8O5+. The van der Waals surface area contributed by atoms with Crippen LogP contribution in [-0.2, 0) is 16.0 Å². The Morgan fingerprint density at radius 1 is 0.730 bits per heavy atom. The first-order chi connectivity index (χ1) is 30.3. The fourth-order valence-corrected chi connectivity index (χ4v) is 9.70. The molecule has 14 heteroatoms. The number of carbonyl (C=O) groups is 2. The van der Waals surface area contributed by atoms with Crippen LogP contribution in [0.2, 0.25) is 5.02 Å². The van der Waals surface area contributed by atoms with E-state index in [9.17, 15) is 19.8 Å². The molecular weight excluding hydrogens is 816 g/mol. The van der Waals surface area contributed by atoms with Crippen LogP contribution >= 0.6 is 11.6 Å². The predicted octanol–water partition coefficient (Wildman–Crippen LogP) is 10.4. The highest BCUT2D eigenvalue weighted by Crippen LogP contribution is 2.63. The van der Waals surface area contributed by atoms with Gasteiger partial charge < -0.3 is 14.9 Å². The summed E-state index contributed by atoms with van der Waals surface area (Å²) < 4.78 is 7.44. The number of aliphatic carboxylic acids is 2. The van der Waals surface area contributed by atoms with Crippen molar-refractivity contribution in [3.63, 3.8) is 0 Å². The van der Waals surface area contributed by atoms with Crippen LogP contribution in [0.15, 0.2) is 122 Å². The van der Waals surface area contributed by atoms with Crippen molar-refractivity contribution >= 4 is 84.5 Å². The molecule has 0 fully saturated rings. The van der Waals surface area contributed by atoms with Gasteiger partial charge in [-0.1, -0.05) is 54.1 Å². The number of fused-ring (bicyclic) bond motifs is 5. The summed E-state index contributed by atoms with van der Waals surface area (Å²) in [4.78, 5) is 51.7. The van der Waals surface area contributed by atoms with Gasteiger partial charge in [0.25, 0.3) is 11.6 Å². The summed E-state index contributed by atoms with van der Waals surface area (Å²) in [6.07, 6.45) is 2.99. The van der Waals surface area contributed by atoms with Gasteiger partial charge in [-0.3, -0.25) is 14.2 Å². The van der Waals surface area contributed by atoms with Crippen molar-refractivity contribution in [3.8, 4) is 11.6 Å². The van der Waals surface area contributed by atoms with Crippen molar-refractivity contribution in [3.05, 3.63) is 150 Å². The van der Waals surface area contributed by atoms with Crippen molar-refractivity contribution < 1.29 is 24.5 Å². The number of halogens is 1. The molecule has 63 heavy (non-hydrogen) atoms. The molecule has 0 radical (unpaired) electrons. The fraction of sp³-hybridized carbons (Fsp3) is 0.184. The fourth-order valence-electron chi connectivity index (χ4n) is 9.54. The van der Waals surface area contributed by atoms with Crippen LogP contribution in [-0.4, -0.2) is 69.3 Å². The lowest BCUT2D eigenvalue weighted by atomic mass is 9.81. The number of aryl methyl sites for hydroxylation is 1. The quantitative estimate of drug-likeness (QED) is 0.140. The largest absolute Gasteiger partial charge is 0.497 e. The zero-order valence-electron chi connectivity index (χ0n) is 35.1. The molecule has 5 heterocycles. The molecule has 0 aliphatic carbocycles. The summed E-state index contributed by atoms with van der Waals surface area (Å²) in [7, 11) is 1.60. The Kier molecular flexibility index (Phi) is 10.3. The van der Waals surface area contributed by atoms with E-state index in [-0.39, 0.29) is 23.2 Å². The zero-order valence-corrected chi connectivity index (χ0v) is 35.9. The van der Waals surface area contributed by atoms with E-state index in [0.29, 0.717) is 22.1 Å². The number of carboxylic acids is 2. The molecule has 0 spiro atoms. The van der Waals surface area contributed by atoms with Crippen LogP contribution in [0.3, 0.4) is 0 Å². The van der Waals surface area contributed by atoms with Crippen molar-refractivity contribution in [2.24, 2.45) is 0 Å². The number of carboxylic acid groups (broad SMARTS) is 2. The third-order valence-corrected chi connectivity index (χ3v) is 12.5. The first-order valence-electron chi connectivity index (χ1n) is 20.3. The Morgan fingerprint density at radius 2 is 1.41 bits per heavy atom. The van der Waals surface area contributed by atoms with Gasteiger partial charge in [0.1, 0.15) is 41.3 Å². The second-order valence-electron chi connectivity index (χ2n) is 16.1. The minimum absolute atomic E-state index is 0.0269. The smallest absolute Gasteiger partial charge is 0.307 e. The number of hydrogen-bond donors (Lipinski definition) is 2. The highest BCUT2D eigenvalue weighted by molar-refractivity contribution is 6.31. The summed E-state index contributed by atoms with van der Waals surface area (Å²) in [6, 6.07) is 35.0. The van der Waals surface area contributed by atoms with Gasteiger partial charge in [-0.2, -0.15) is 14.5 Å². The van der Waals surface area contributed by atoms with Gasteiger partial charge in [-0.05, 0) is 93.9 Å². The average molecular weight is 858 g/mol. The topological polar surface area (TPSA) is 166 Å². The first-order valence-corrected chi connectivity index (χ1v) is 20.7. The number of para-hydroxylation sites is 3. The number of aromatic nitrogens is 7. The average Bonchev–Trinajstić information content (AvgIpc) is 3.64. The molecule has 0 saturated heterocycles. The lowest BCUT2D eigenvalue weighted by Gasteiger charge is -2.44. The molecule has 0 saturated carbocycles. The van der Waals surface area contributed by atoms with Crippen LogP contribution < -0.4 is 9.22 Å². The molecule has 0 amide bonds. The van der Waals surface area contributed by atoms with E-state index in [0.717, 1.165) is 78.1 Å². The van der Waals surface area contributed by atoms with Gasteiger partial charge in [-0.15, -0.1) is 0 Å². The minimum Gasteiger partial charge on any atom is -0.497 e. The second kappa shape index (κ2) is 15.8. The van der Waals surface area contributed by atoms with Gasteiger partial charge >= 0.3 is 11.9 Å². The highest BCUT2D eigenvalue weighted by Gasteiger charge is 2.64. The summed E-state index contributed by atoms with van der Waals surface area (Å²) >= 11 is 6.35. The van der Waals surface area contributed by atoms with Gasteiger partial charge in [0, 0.05) is 33.1 Å². The lowest BCUT2D eigenvalue weighted by Crippen LogP contribution is -2.56. The van der Waals surface area contributed by atoms with Gasteiger partial charge in [0.05, 0.1) is 58.7 Å². The van der Waals surface area contributed by atoms with Crippen molar-refractivity contribution in [1.82, 2.24) is 39.0 Å². The Morgan fingerprint density at radius 3 is 2.17 bits per heavy atom. The maximum Gasteiger partial charge on any atom is 0.307 e. The van der Waals surface area contributed by atoms with E-state index in [4.69, 9.17) is 31.3 Å². The molecule has 4 aromatic heterocycles. The summed E-state index contributed by atoms with van der Waals surface area (Å²) in [5.41, 5.74) is 6.07. The van der Waals surface area contributed by atoms with Gasteiger partial charge in [0.15, 0.2) is 0 Å². The van der Waals surface area contributed by atoms with E-state index in [1.165, 1.54) is 6.33 Å². The molecule has 314 valence electrons. The van der Waals surface area contributed by atoms with Gasteiger partial charge in [-0.25, -0.2) is 19.9 Å². The molecule has 2 atom stereocenters. The van der Waals surface area contributed by atoms with E-state index < -0.39 is 17.5 Å². The molecule has 9 aromatic rings. The Labute approximate surface area is 366 Å². The molecule has 2 N–H and O–H groups in total. The van der Waals surface area contributed by atoms with E-state index >= 15 is 0 Å². The molecule has 5 aromatic carbocycles. The van der Waals surface area contributed by atoms with Crippen LogP contribution in [0.5, 0.6) is 5.75 Å². The lowest BCUT2D eigenvalue weighted by molar-refractivity contribution is -0.138. The summed E-state index contributed by atoms with van der Waals surface area (Å²) in [6.45, 7) is 8.02. The Balaban J connectivity index is 0.000000170. The van der Waals surface area contributed by atoms with Crippen LogP contribution in [0.4, 0.5) is 17.3 Å². The number of hydrogen-bond acceptors (Lipinski definition) is 9. The molecule has 2 unspecified atom stereocenters. The number of ether oxygens (including phenoxy) is 1. The monoisotopic (exact) mass is 857 g/mol. The third-order valence-electron chi connectivity index (χ3n) is 12.3. The maximum atomic E-state index is 12.2. The number of benzene rings is 5. The summed E-state index contributed by atoms with van der Waals surface area (Å²) in [5, 5.41) is 23.4. The Hall–Kier alpha value is -7.35. The molecule has 13 nitrogen and oxygen atoms in total. The number of methoxy groups -OCH3 is 1. The molecule has 1 aliphatic rings. The predicted molar refractivity (Wildman–Crippen MR) is 244 cm³/mol. The highest BCUT2D eigenvalue weighted by atomic mass is 35.5. The van der Waals surface area contributed by atoms with Crippen LogP contribution in [0.25, 0.3) is 49.4 Å². The number of rotatable bonds is 8. The first kappa shape index (κ1) is 41.0. The second-order valence-corrected chi connectivity index (χ2v) is 16.5. The van der Waals surface area contributed by atoms with Crippen LogP contribution in [0, 0.1) is 13.8 Å². The SMILES string of the molecule is COc1ccc2c(c1)c(CC(=O)O)c(C)n2-c1ncnc2ccccc12.Cc1nc([N+]2(c3ncnc4cc(Cl)ccc34)c3ccccc3C(CC(=O)O)C2(C)C)c2ccccc2n1. The molecule has 1 aliphatic heterocycles. The van der Waals surface area contributed by atoms with Gasteiger partial charge in [0.2, 0.25) is 0 Å². The zero-order chi connectivity index (χ0) is 44.2. The molecule has 10 rings (SSSR count). The van der Waals surface area contributed by atoms with E-state index in [2.05, 4.69) is 34.9 Å². The van der Waals surface area contributed by atoms with Crippen molar-refractivity contribution in [1.29, 1.82) is 0 Å². The standard InChI is InChI=1S/C29H24ClN5O2.C20H17N3O3/c1-17-33-23-10-6-4-9-20(23)28(34-17)35(27-21-13-12-18(30)14-24(21)31-16-32-27)25-11-7-5-8-19(25)22(15-26(36)37)29(35,2)3;1-12-15(10-19(24)25)16-9-13(26-2)7-8-18(16)23(12)20-14-5-3-4-6-17(14)21-11-22-20/h4-14,16,22H,15H2,1-3H3;3-9,11H,10H2,1-2H3,(H,24,25)/p+1.